The molecule has 0 saturated carbocycles. The van der Waals surface area contributed by atoms with Gasteiger partial charge in [0.25, 0.3) is 0 Å². The van der Waals surface area contributed by atoms with Crippen LogP contribution in [0.4, 0.5) is 0 Å². The van der Waals surface area contributed by atoms with Crippen LogP contribution in [0.15, 0.2) is 48.5 Å². The molecule has 2 aliphatic heterocycles. The van der Waals surface area contributed by atoms with Crippen LogP contribution in [0, 0.1) is 111 Å². The molecule has 0 amide bonds. The summed E-state index contributed by atoms with van der Waals surface area (Å²) in [6, 6.07) is 19.8. The van der Waals surface area contributed by atoms with Crippen LogP contribution in [0.2, 0.25) is 0 Å². The lowest BCUT2D eigenvalue weighted by Gasteiger charge is -2.23. The van der Waals surface area contributed by atoms with Crippen molar-refractivity contribution in [1.29, 1.82) is 0 Å². The van der Waals surface area contributed by atoms with E-state index < -0.39 is 0 Å². The Kier molecular flexibility index (Phi) is 7.85. The molecule has 0 aromatic heterocycles. The van der Waals surface area contributed by atoms with Gasteiger partial charge < -0.3 is 0 Å². The van der Waals surface area contributed by atoms with E-state index in [9.17, 15) is 0 Å². The van der Waals surface area contributed by atoms with Crippen molar-refractivity contribution in [3.05, 3.63) is 138 Å². The summed E-state index contributed by atoms with van der Waals surface area (Å²) < 4.78 is 0. The molecule has 10 rings (SSSR count). The predicted molar refractivity (Wildman–Crippen MR) is 259 cm³/mol. The first kappa shape index (κ1) is 37.2. The average molecular weight is 751 g/mol. The van der Waals surface area contributed by atoms with Crippen molar-refractivity contribution < 1.29 is 0 Å². The summed E-state index contributed by atoms with van der Waals surface area (Å²) in [6.45, 7) is 38.1. The zero-order valence-electron chi connectivity index (χ0n) is 37.8. The molecule has 0 atom stereocenters. The fourth-order valence-electron chi connectivity index (χ4n) is 12.3. The molecule has 8 aromatic rings. The molecule has 0 aliphatic carbocycles. The van der Waals surface area contributed by atoms with Gasteiger partial charge in [-0.2, -0.15) is 0 Å². The van der Waals surface area contributed by atoms with Gasteiger partial charge in [0.1, 0.15) is 0 Å². The molecule has 0 saturated heterocycles. The summed E-state index contributed by atoms with van der Waals surface area (Å²) >= 11 is 0. The van der Waals surface area contributed by atoms with Gasteiger partial charge in [-0.3, -0.25) is 0 Å². The van der Waals surface area contributed by atoms with E-state index in [4.69, 9.17) is 0 Å². The topological polar surface area (TPSA) is 0 Å². The first-order valence-corrected chi connectivity index (χ1v) is 21.6. The van der Waals surface area contributed by atoms with E-state index in [1.54, 1.807) is 0 Å². The highest BCUT2D eigenvalue weighted by Crippen LogP contribution is 2.41. The zero-order valence-corrected chi connectivity index (χ0v) is 37.8. The van der Waals surface area contributed by atoms with Gasteiger partial charge in [-0.05, 0) is 232 Å². The van der Waals surface area contributed by atoms with Crippen LogP contribution >= 0.6 is 0 Å². The Morgan fingerprint density at radius 1 is 0.276 bits per heavy atom. The number of hydrogen-bond donors (Lipinski definition) is 0. The van der Waals surface area contributed by atoms with Crippen molar-refractivity contribution in [2.45, 2.75) is 111 Å². The van der Waals surface area contributed by atoms with Gasteiger partial charge in [-0.15, -0.1) is 0 Å². The summed E-state index contributed by atoms with van der Waals surface area (Å²) in [6.07, 6.45) is 0. The maximum Gasteiger partial charge on any atom is 0.244 e. The normalized spacial score (nSPS) is 13.1. The van der Waals surface area contributed by atoms with Crippen molar-refractivity contribution in [2.24, 2.45) is 0 Å². The highest BCUT2D eigenvalue weighted by Gasteiger charge is 2.42. The minimum atomic E-state index is 0.184. The van der Waals surface area contributed by atoms with E-state index in [0.717, 1.165) is 0 Å². The lowest BCUT2D eigenvalue weighted by molar-refractivity contribution is 1.22. The Hall–Kier alpha value is -5.07. The van der Waals surface area contributed by atoms with Gasteiger partial charge in [0.2, 0.25) is 13.4 Å². The van der Waals surface area contributed by atoms with Crippen LogP contribution in [0.1, 0.15) is 89.0 Å². The van der Waals surface area contributed by atoms with Gasteiger partial charge in [0.15, 0.2) is 0 Å². The SMILES string of the molecule is Cc1c(C)c(C)c2c(c1C)B(c1cc3ccc4ccc(B5c6c(C)c(C)c(C)c(C)c6-c6c(C)c(C)c(C)c(C)c65)c5ccc(c1)c3c45)c1c(C)c(C)c(C)c(C)c1-2. The molecular weight excluding hydrogens is 694 g/mol. The molecule has 0 radical (unpaired) electrons. The van der Waals surface area contributed by atoms with E-state index >= 15 is 0 Å². The molecule has 0 bridgehead atoms. The molecule has 0 unspecified atom stereocenters. The second kappa shape index (κ2) is 12.2. The molecule has 2 heteroatoms. The van der Waals surface area contributed by atoms with E-state index in [0.29, 0.717) is 0 Å². The third-order valence-corrected chi connectivity index (χ3v) is 16.9. The first-order valence-electron chi connectivity index (χ1n) is 21.6. The van der Waals surface area contributed by atoms with Gasteiger partial charge in [0.05, 0.1) is 0 Å². The van der Waals surface area contributed by atoms with Crippen LogP contribution < -0.4 is 32.8 Å². The minimum Gasteiger partial charge on any atom is -0.0674 e. The molecule has 286 valence electrons. The zero-order chi connectivity index (χ0) is 41.3. The van der Waals surface area contributed by atoms with Crippen molar-refractivity contribution >= 4 is 78.5 Å². The summed E-state index contributed by atoms with van der Waals surface area (Å²) in [7, 11) is 0. The molecule has 2 aliphatic rings. The largest absolute Gasteiger partial charge is 0.244 e. The standard InChI is InChI=1S/C56H56B2/c1-25-29(5)37(13)53-47(33(25)9)48-34(10)26(2)30(6)38(14)54(48)57(53)44-23-42-18-17-41-20-22-46(45-21-19-43(24-44)51(42)52(41)45)58-55-39(15)31(7)27(3)35(11)49(55)50-36(12)28(4)32(8)40(16)56(50)58/h17-24H,1-16H3. The van der Waals surface area contributed by atoms with Crippen molar-refractivity contribution in [1.82, 2.24) is 0 Å². The van der Waals surface area contributed by atoms with Crippen LogP contribution in [0.5, 0.6) is 0 Å². The molecule has 8 aromatic carbocycles. The van der Waals surface area contributed by atoms with Crippen molar-refractivity contribution in [3.63, 3.8) is 0 Å². The van der Waals surface area contributed by atoms with E-state index in [-0.39, 0.29) is 13.4 Å². The van der Waals surface area contributed by atoms with Gasteiger partial charge >= 0.3 is 0 Å². The second-order valence-electron chi connectivity index (χ2n) is 18.8. The molecule has 2 heterocycles. The second-order valence-corrected chi connectivity index (χ2v) is 18.8. The highest BCUT2D eigenvalue weighted by molar-refractivity contribution is 7.01. The van der Waals surface area contributed by atoms with Gasteiger partial charge in [-0.25, -0.2) is 0 Å². The lowest BCUT2D eigenvalue weighted by atomic mass is 9.36. The predicted octanol–water partition coefficient (Wildman–Crippen LogP) is 10.5. The van der Waals surface area contributed by atoms with Gasteiger partial charge in [-0.1, -0.05) is 104 Å². The summed E-state index contributed by atoms with van der Waals surface area (Å²) in [5.41, 5.74) is 38.0. The van der Waals surface area contributed by atoms with Crippen LogP contribution in [-0.4, -0.2) is 13.4 Å². The Labute approximate surface area is 347 Å². The fourth-order valence-corrected chi connectivity index (χ4v) is 12.3. The van der Waals surface area contributed by atoms with Crippen LogP contribution in [0.3, 0.4) is 0 Å². The van der Waals surface area contributed by atoms with E-state index in [2.05, 4.69) is 159 Å². The smallest absolute Gasteiger partial charge is 0.0674 e. The average Bonchev–Trinajstić information content (AvgIpc) is 3.77. The number of fused-ring (bicyclic) bond motifs is 6. The fraction of sp³-hybridized carbons (Fsp3) is 0.286. The Bertz CT molecular complexity index is 3070. The first-order chi connectivity index (χ1) is 27.5. The molecular formula is C56H56B2. The number of rotatable bonds is 2. The van der Waals surface area contributed by atoms with E-state index in [1.807, 2.05) is 0 Å². The van der Waals surface area contributed by atoms with Crippen molar-refractivity contribution in [3.8, 4) is 22.3 Å². The number of hydrogen-bond acceptors (Lipinski definition) is 0. The van der Waals surface area contributed by atoms with E-state index in [1.165, 1.54) is 176 Å². The minimum absolute atomic E-state index is 0.184. The molecule has 58 heavy (non-hydrogen) atoms. The number of benzene rings is 8. The maximum absolute atomic E-state index is 2.56. The molecule has 0 nitrogen and oxygen atoms in total. The van der Waals surface area contributed by atoms with Gasteiger partial charge in [0, 0.05) is 0 Å². The lowest BCUT2D eigenvalue weighted by Crippen LogP contribution is -2.51. The summed E-state index contributed by atoms with van der Waals surface area (Å²) in [5, 5.41) is 8.23. The molecule has 0 spiro atoms. The van der Waals surface area contributed by atoms with Crippen LogP contribution in [0.25, 0.3) is 54.6 Å². The van der Waals surface area contributed by atoms with Crippen LogP contribution in [-0.2, 0) is 0 Å². The molecule has 0 fully saturated rings. The highest BCUT2D eigenvalue weighted by atomic mass is 14.3. The third kappa shape index (κ3) is 4.40. The monoisotopic (exact) mass is 750 g/mol. The Morgan fingerprint density at radius 3 is 0.983 bits per heavy atom. The Balaban J connectivity index is 1.27. The van der Waals surface area contributed by atoms with Crippen molar-refractivity contribution in [2.75, 3.05) is 0 Å². The summed E-state index contributed by atoms with van der Waals surface area (Å²) in [5.74, 6) is 0. The third-order valence-electron chi connectivity index (χ3n) is 16.9. The molecule has 0 N–H and O–H groups in total. The maximum atomic E-state index is 2.56. The summed E-state index contributed by atoms with van der Waals surface area (Å²) in [4.78, 5) is 0. The Morgan fingerprint density at radius 2 is 0.586 bits per heavy atom. The quantitative estimate of drug-likeness (QED) is 0.122.